The highest BCUT2D eigenvalue weighted by molar-refractivity contribution is 7.17. The van der Waals surface area contributed by atoms with Crippen LogP contribution in [0.4, 0.5) is 0 Å². The smallest absolute Gasteiger partial charge is 0.0355 e. The zero-order valence-corrected chi connectivity index (χ0v) is 12.0. The molecule has 4 rings (SSSR count). The Balaban J connectivity index is 1.85. The largest absolute Gasteiger partial charge is 0.264 e. The Bertz CT molecular complexity index is 883. The van der Waals surface area contributed by atoms with E-state index in [1.807, 2.05) is 24.5 Å². The lowest BCUT2D eigenvalue weighted by Gasteiger charge is -2.02. The molecular formula is C18H12N2S. The summed E-state index contributed by atoms with van der Waals surface area (Å²) in [6, 6.07) is 14.7. The number of rotatable bonds is 2. The van der Waals surface area contributed by atoms with Gasteiger partial charge in [-0.3, -0.25) is 9.97 Å². The monoisotopic (exact) mass is 288 g/mol. The van der Waals surface area contributed by atoms with Gasteiger partial charge in [-0.1, -0.05) is 24.3 Å². The molecule has 0 atom stereocenters. The summed E-state index contributed by atoms with van der Waals surface area (Å²) in [5, 5.41) is 3.48. The summed E-state index contributed by atoms with van der Waals surface area (Å²) in [5.74, 6) is 0. The van der Waals surface area contributed by atoms with Gasteiger partial charge in [0.1, 0.15) is 0 Å². The molecule has 0 unspecified atom stereocenters. The summed E-state index contributed by atoms with van der Waals surface area (Å²) in [6.45, 7) is 0. The van der Waals surface area contributed by atoms with Crippen LogP contribution in [0.2, 0.25) is 0 Å². The molecule has 2 nitrogen and oxygen atoms in total. The summed E-state index contributed by atoms with van der Waals surface area (Å²) >= 11 is 1.77. The normalized spacial score (nSPS) is 10.9. The van der Waals surface area contributed by atoms with E-state index in [1.54, 1.807) is 23.7 Å². The van der Waals surface area contributed by atoms with Crippen LogP contribution in [0.15, 0.2) is 72.6 Å². The van der Waals surface area contributed by atoms with Gasteiger partial charge in [0, 0.05) is 51.6 Å². The molecule has 3 heteroatoms. The standard InChI is InChI=1S/C18H12N2S/c1-3-14(10-19-7-1)13-5-6-16-17(12-21-18(16)9-13)15-4-2-8-20-11-15/h1-12H. The summed E-state index contributed by atoms with van der Waals surface area (Å²) in [4.78, 5) is 8.40. The molecule has 0 N–H and O–H groups in total. The minimum absolute atomic E-state index is 1.15. The summed E-state index contributed by atoms with van der Waals surface area (Å²) in [5.41, 5.74) is 4.77. The highest BCUT2D eigenvalue weighted by Gasteiger charge is 2.08. The van der Waals surface area contributed by atoms with Crippen molar-refractivity contribution in [2.24, 2.45) is 0 Å². The Hall–Kier alpha value is -2.52. The van der Waals surface area contributed by atoms with Crippen molar-refractivity contribution in [3.63, 3.8) is 0 Å². The first-order valence-electron chi connectivity index (χ1n) is 6.74. The van der Waals surface area contributed by atoms with Gasteiger partial charge in [-0.15, -0.1) is 11.3 Å². The van der Waals surface area contributed by atoms with E-state index in [-0.39, 0.29) is 0 Å². The van der Waals surface area contributed by atoms with Gasteiger partial charge in [-0.2, -0.15) is 0 Å². The van der Waals surface area contributed by atoms with Gasteiger partial charge in [-0.05, 0) is 29.1 Å². The Morgan fingerprint density at radius 1 is 0.762 bits per heavy atom. The van der Waals surface area contributed by atoms with Crippen LogP contribution in [0.5, 0.6) is 0 Å². The van der Waals surface area contributed by atoms with Crippen molar-refractivity contribution in [1.29, 1.82) is 0 Å². The average Bonchev–Trinajstić information content (AvgIpc) is 2.99. The first-order chi connectivity index (χ1) is 10.4. The van der Waals surface area contributed by atoms with Crippen molar-refractivity contribution in [2.75, 3.05) is 0 Å². The lowest BCUT2D eigenvalue weighted by atomic mass is 10.0. The highest BCUT2D eigenvalue weighted by atomic mass is 32.1. The van der Waals surface area contributed by atoms with E-state index >= 15 is 0 Å². The van der Waals surface area contributed by atoms with Crippen LogP contribution in [-0.4, -0.2) is 9.97 Å². The zero-order valence-electron chi connectivity index (χ0n) is 11.2. The molecule has 1 aromatic carbocycles. The molecule has 0 aliphatic heterocycles. The number of pyridine rings is 2. The number of benzene rings is 1. The number of nitrogens with zero attached hydrogens (tertiary/aromatic N) is 2. The van der Waals surface area contributed by atoms with Gasteiger partial charge in [0.2, 0.25) is 0 Å². The minimum atomic E-state index is 1.15. The maximum absolute atomic E-state index is 4.21. The predicted molar refractivity (Wildman–Crippen MR) is 88.3 cm³/mol. The molecule has 21 heavy (non-hydrogen) atoms. The number of hydrogen-bond donors (Lipinski definition) is 0. The molecule has 3 aromatic heterocycles. The fourth-order valence-corrected chi connectivity index (χ4v) is 3.49. The van der Waals surface area contributed by atoms with Crippen LogP contribution >= 0.6 is 11.3 Å². The van der Waals surface area contributed by atoms with Gasteiger partial charge in [0.15, 0.2) is 0 Å². The van der Waals surface area contributed by atoms with Gasteiger partial charge >= 0.3 is 0 Å². The molecule has 0 aliphatic rings. The van der Waals surface area contributed by atoms with Crippen molar-refractivity contribution < 1.29 is 0 Å². The van der Waals surface area contributed by atoms with Crippen LogP contribution in [-0.2, 0) is 0 Å². The fraction of sp³-hybridized carbons (Fsp3) is 0. The maximum Gasteiger partial charge on any atom is 0.0355 e. The van der Waals surface area contributed by atoms with Gasteiger partial charge < -0.3 is 0 Å². The molecular weight excluding hydrogens is 276 g/mol. The van der Waals surface area contributed by atoms with Crippen LogP contribution in [0, 0.1) is 0 Å². The molecule has 0 saturated heterocycles. The molecule has 4 aromatic rings. The van der Waals surface area contributed by atoms with Crippen molar-refractivity contribution in [3.8, 4) is 22.3 Å². The van der Waals surface area contributed by atoms with E-state index in [4.69, 9.17) is 0 Å². The summed E-state index contributed by atoms with van der Waals surface area (Å²) in [7, 11) is 0. The van der Waals surface area contributed by atoms with Crippen LogP contribution in [0.25, 0.3) is 32.3 Å². The van der Waals surface area contributed by atoms with Gasteiger partial charge in [0.25, 0.3) is 0 Å². The number of fused-ring (bicyclic) bond motifs is 1. The van der Waals surface area contributed by atoms with E-state index in [0.717, 1.165) is 11.1 Å². The topological polar surface area (TPSA) is 25.8 Å². The SMILES string of the molecule is c1cncc(-c2ccc3c(-c4cccnc4)csc3c2)c1. The second kappa shape index (κ2) is 5.11. The second-order valence-electron chi connectivity index (χ2n) is 4.84. The molecule has 100 valence electrons. The third-order valence-corrected chi connectivity index (χ3v) is 4.49. The molecule has 0 aliphatic carbocycles. The molecule has 3 heterocycles. The first-order valence-corrected chi connectivity index (χ1v) is 7.62. The van der Waals surface area contributed by atoms with Crippen molar-refractivity contribution in [2.45, 2.75) is 0 Å². The third-order valence-electron chi connectivity index (χ3n) is 3.54. The molecule has 0 fully saturated rings. The number of thiophene rings is 1. The zero-order chi connectivity index (χ0) is 14.1. The first kappa shape index (κ1) is 12.2. The molecule has 0 amide bonds. The quantitative estimate of drug-likeness (QED) is 0.517. The molecule has 0 radical (unpaired) electrons. The fourth-order valence-electron chi connectivity index (χ4n) is 2.49. The van der Waals surface area contributed by atoms with Crippen LogP contribution in [0.1, 0.15) is 0 Å². The Labute approximate surface area is 126 Å². The lowest BCUT2D eigenvalue weighted by molar-refractivity contribution is 1.33. The van der Waals surface area contributed by atoms with Crippen LogP contribution in [0.3, 0.4) is 0 Å². The van der Waals surface area contributed by atoms with E-state index in [9.17, 15) is 0 Å². The number of hydrogen-bond acceptors (Lipinski definition) is 3. The highest BCUT2D eigenvalue weighted by Crippen LogP contribution is 2.35. The Kier molecular flexibility index (Phi) is 2.98. The van der Waals surface area contributed by atoms with E-state index in [2.05, 4.69) is 45.7 Å². The van der Waals surface area contributed by atoms with Gasteiger partial charge in [0.05, 0.1) is 0 Å². The van der Waals surface area contributed by atoms with Crippen molar-refractivity contribution in [1.82, 2.24) is 9.97 Å². The van der Waals surface area contributed by atoms with Crippen LogP contribution < -0.4 is 0 Å². The van der Waals surface area contributed by atoms with E-state index in [0.29, 0.717) is 0 Å². The second-order valence-corrected chi connectivity index (χ2v) is 5.75. The molecule has 0 bridgehead atoms. The minimum Gasteiger partial charge on any atom is -0.264 e. The summed E-state index contributed by atoms with van der Waals surface area (Å²) < 4.78 is 1.29. The van der Waals surface area contributed by atoms with Gasteiger partial charge in [-0.25, -0.2) is 0 Å². The predicted octanol–water partition coefficient (Wildman–Crippen LogP) is 5.03. The third kappa shape index (κ3) is 2.22. The average molecular weight is 288 g/mol. The molecule has 0 spiro atoms. The van der Waals surface area contributed by atoms with E-state index < -0.39 is 0 Å². The van der Waals surface area contributed by atoms with E-state index in [1.165, 1.54) is 21.2 Å². The Morgan fingerprint density at radius 2 is 1.52 bits per heavy atom. The number of aromatic nitrogens is 2. The lowest BCUT2D eigenvalue weighted by Crippen LogP contribution is -1.80. The Morgan fingerprint density at radius 3 is 2.24 bits per heavy atom. The summed E-state index contributed by atoms with van der Waals surface area (Å²) in [6.07, 6.45) is 7.42. The van der Waals surface area contributed by atoms with Crippen molar-refractivity contribution in [3.05, 3.63) is 72.6 Å². The molecule has 0 saturated carbocycles. The maximum atomic E-state index is 4.21. The van der Waals surface area contributed by atoms with Crippen molar-refractivity contribution >= 4 is 21.4 Å².